The van der Waals surface area contributed by atoms with Crippen molar-refractivity contribution < 1.29 is 4.79 Å². The van der Waals surface area contributed by atoms with Crippen molar-refractivity contribution in [1.82, 2.24) is 9.78 Å². The number of rotatable bonds is 5. The van der Waals surface area contributed by atoms with Crippen LogP contribution in [0.25, 0.3) is 23.1 Å². The average molecular weight is 366 g/mol. The molecule has 0 fully saturated rings. The average Bonchev–Trinajstić information content (AvgIpc) is 2.99. The van der Waals surface area contributed by atoms with Crippen LogP contribution in [0.1, 0.15) is 31.1 Å². The Balaban J connectivity index is 2.04. The van der Waals surface area contributed by atoms with E-state index in [1.165, 1.54) is 6.08 Å². The van der Waals surface area contributed by atoms with Crippen LogP contribution in [-0.2, 0) is 4.79 Å². The first-order chi connectivity index (χ1) is 12.5. The van der Waals surface area contributed by atoms with Gasteiger partial charge in [-0.2, -0.15) is 5.10 Å². The molecular formula is C21H20ClN3O. The molecule has 1 aromatic heterocycles. The summed E-state index contributed by atoms with van der Waals surface area (Å²) in [5, 5.41) is 9.21. The molecule has 26 heavy (non-hydrogen) atoms. The Hall–Kier alpha value is -2.85. The smallest absolute Gasteiger partial charge is 0.247 e. The third-order valence-electron chi connectivity index (χ3n) is 3.98. The topological polar surface area (TPSA) is 46.9 Å². The van der Waals surface area contributed by atoms with Crippen molar-refractivity contribution in [3.8, 4) is 0 Å². The summed E-state index contributed by atoms with van der Waals surface area (Å²) in [5.74, 6) is -0.237. The highest BCUT2D eigenvalue weighted by atomic mass is 35.5. The van der Waals surface area contributed by atoms with Crippen LogP contribution in [0.3, 0.4) is 0 Å². The lowest BCUT2D eigenvalue weighted by atomic mass is 10.1. The Bertz CT molecular complexity index is 984. The molecular weight excluding hydrogens is 346 g/mol. The SMILES string of the molecule is C=CC(=O)Nc1ccc2c(c1)c(C=Cc1ccc(Cl)cc1)nn2C(C)C. The van der Waals surface area contributed by atoms with E-state index in [9.17, 15) is 4.79 Å². The summed E-state index contributed by atoms with van der Waals surface area (Å²) >= 11 is 5.93. The van der Waals surface area contributed by atoms with E-state index in [1.807, 2.05) is 59.3 Å². The quantitative estimate of drug-likeness (QED) is 0.601. The van der Waals surface area contributed by atoms with Crippen molar-refractivity contribution in [3.63, 3.8) is 0 Å². The molecule has 5 heteroatoms. The number of benzene rings is 2. The van der Waals surface area contributed by atoms with Gasteiger partial charge in [-0.15, -0.1) is 0 Å². The van der Waals surface area contributed by atoms with Gasteiger partial charge in [-0.25, -0.2) is 0 Å². The highest BCUT2D eigenvalue weighted by Gasteiger charge is 2.12. The van der Waals surface area contributed by atoms with E-state index in [2.05, 4.69) is 25.7 Å². The second-order valence-electron chi connectivity index (χ2n) is 6.23. The summed E-state index contributed by atoms with van der Waals surface area (Å²) in [6.45, 7) is 7.66. The van der Waals surface area contributed by atoms with Crippen molar-refractivity contribution in [1.29, 1.82) is 0 Å². The van der Waals surface area contributed by atoms with E-state index in [0.29, 0.717) is 10.7 Å². The minimum Gasteiger partial charge on any atom is -0.323 e. The van der Waals surface area contributed by atoms with E-state index < -0.39 is 0 Å². The predicted octanol–water partition coefficient (Wildman–Crippen LogP) is 5.57. The number of aromatic nitrogens is 2. The van der Waals surface area contributed by atoms with Gasteiger partial charge in [0, 0.05) is 22.1 Å². The third kappa shape index (κ3) is 3.86. The first-order valence-electron chi connectivity index (χ1n) is 8.37. The minimum atomic E-state index is -0.237. The maximum Gasteiger partial charge on any atom is 0.247 e. The lowest BCUT2D eigenvalue weighted by Gasteiger charge is -2.07. The van der Waals surface area contributed by atoms with Crippen molar-refractivity contribution >= 4 is 46.3 Å². The monoisotopic (exact) mass is 365 g/mol. The summed E-state index contributed by atoms with van der Waals surface area (Å²) in [7, 11) is 0. The standard InChI is InChI=1S/C21H20ClN3O/c1-4-21(26)23-17-10-12-20-18(13-17)19(24-25(20)14(2)3)11-7-15-5-8-16(22)9-6-15/h4-14H,1H2,2-3H3,(H,23,26). The molecule has 0 aliphatic rings. The Morgan fingerprint density at radius 3 is 2.58 bits per heavy atom. The van der Waals surface area contributed by atoms with Gasteiger partial charge in [0.15, 0.2) is 0 Å². The Kier molecular flexibility index (Phi) is 5.24. The van der Waals surface area contributed by atoms with Crippen LogP contribution in [0.2, 0.25) is 5.02 Å². The van der Waals surface area contributed by atoms with Crippen LogP contribution < -0.4 is 5.32 Å². The first kappa shape index (κ1) is 18.0. The number of nitrogens with one attached hydrogen (secondary N) is 1. The van der Waals surface area contributed by atoms with Gasteiger partial charge >= 0.3 is 0 Å². The molecule has 1 amide bonds. The Morgan fingerprint density at radius 2 is 1.92 bits per heavy atom. The third-order valence-corrected chi connectivity index (χ3v) is 4.23. The fourth-order valence-corrected chi connectivity index (χ4v) is 2.83. The molecule has 132 valence electrons. The number of anilines is 1. The molecule has 0 saturated heterocycles. The molecule has 1 heterocycles. The van der Waals surface area contributed by atoms with E-state index in [4.69, 9.17) is 16.7 Å². The maximum atomic E-state index is 11.6. The molecule has 0 spiro atoms. The van der Waals surface area contributed by atoms with Gasteiger partial charge in [0.2, 0.25) is 5.91 Å². The number of hydrogen-bond donors (Lipinski definition) is 1. The van der Waals surface area contributed by atoms with Gasteiger partial charge in [0.05, 0.1) is 11.2 Å². The van der Waals surface area contributed by atoms with Crippen LogP contribution in [0.5, 0.6) is 0 Å². The van der Waals surface area contributed by atoms with Crippen molar-refractivity contribution in [2.45, 2.75) is 19.9 Å². The molecule has 3 rings (SSSR count). The fraction of sp³-hybridized carbons (Fsp3) is 0.143. The summed E-state index contributed by atoms with van der Waals surface area (Å²) in [5.41, 5.74) is 3.62. The van der Waals surface area contributed by atoms with Gasteiger partial charge in [0.25, 0.3) is 0 Å². The lowest BCUT2D eigenvalue weighted by molar-refractivity contribution is -0.111. The molecule has 0 bridgehead atoms. The molecule has 3 aromatic rings. The van der Waals surface area contributed by atoms with E-state index >= 15 is 0 Å². The molecule has 0 aliphatic carbocycles. The van der Waals surface area contributed by atoms with Crippen LogP contribution in [0.4, 0.5) is 5.69 Å². The fourth-order valence-electron chi connectivity index (χ4n) is 2.70. The number of hydrogen-bond acceptors (Lipinski definition) is 2. The summed E-state index contributed by atoms with van der Waals surface area (Å²) < 4.78 is 1.98. The zero-order chi connectivity index (χ0) is 18.7. The molecule has 2 aromatic carbocycles. The van der Waals surface area contributed by atoms with Gasteiger partial charge in [-0.3, -0.25) is 9.48 Å². The second-order valence-corrected chi connectivity index (χ2v) is 6.67. The van der Waals surface area contributed by atoms with E-state index in [1.54, 1.807) is 0 Å². The molecule has 0 aliphatic heterocycles. The van der Waals surface area contributed by atoms with E-state index in [0.717, 1.165) is 22.2 Å². The Morgan fingerprint density at radius 1 is 1.19 bits per heavy atom. The minimum absolute atomic E-state index is 0.226. The van der Waals surface area contributed by atoms with Crippen molar-refractivity contribution in [2.24, 2.45) is 0 Å². The van der Waals surface area contributed by atoms with Crippen LogP contribution >= 0.6 is 11.6 Å². The second kappa shape index (κ2) is 7.58. The van der Waals surface area contributed by atoms with Crippen LogP contribution in [0.15, 0.2) is 55.1 Å². The molecule has 0 unspecified atom stereocenters. The van der Waals surface area contributed by atoms with Crippen LogP contribution in [-0.4, -0.2) is 15.7 Å². The molecule has 0 radical (unpaired) electrons. The lowest BCUT2D eigenvalue weighted by Crippen LogP contribution is -2.07. The van der Waals surface area contributed by atoms with Crippen molar-refractivity contribution in [2.75, 3.05) is 5.32 Å². The largest absolute Gasteiger partial charge is 0.323 e. The Labute approximate surface area is 157 Å². The number of carbonyl (C=O) groups excluding carboxylic acids is 1. The molecule has 0 atom stereocenters. The summed E-state index contributed by atoms with van der Waals surface area (Å²) in [4.78, 5) is 11.6. The van der Waals surface area contributed by atoms with Gasteiger partial charge in [-0.1, -0.05) is 36.4 Å². The maximum absolute atomic E-state index is 11.6. The molecule has 4 nitrogen and oxygen atoms in total. The number of fused-ring (bicyclic) bond motifs is 1. The van der Waals surface area contributed by atoms with Gasteiger partial charge in [0.1, 0.15) is 0 Å². The molecule has 1 N–H and O–H groups in total. The zero-order valence-corrected chi connectivity index (χ0v) is 15.5. The van der Waals surface area contributed by atoms with E-state index in [-0.39, 0.29) is 11.9 Å². The predicted molar refractivity (Wildman–Crippen MR) is 109 cm³/mol. The van der Waals surface area contributed by atoms with Crippen molar-refractivity contribution in [3.05, 3.63) is 71.4 Å². The highest BCUT2D eigenvalue weighted by Crippen LogP contribution is 2.27. The number of carbonyl (C=O) groups is 1. The first-order valence-corrected chi connectivity index (χ1v) is 8.75. The van der Waals surface area contributed by atoms with Gasteiger partial charge in [-0.05, 0) is 61.9 Å². The summed E-state index contributed by atoms with van der Waals surface area (Å²) in [6, 6.07) is 13.6. The number of halogens is 1. The van der Waals surface area contributed by atoms with Crippen LogP contribution in [0, 0.1) is 0 Å². The summed E-state index contributed by atoms with van der Waals surface area (Å²) in [6.07, 6.45) is 5.23. The van der Waals surface area contributed by atoms with Gasteiger partial charge < -0.3 is 5.32 Å². The highest BCUT2D eigenvalue weighted by molar-refractivity contribution is 6.30. The number of nitrogens with zero attached hydrogens (tertiary/aromatic N) is 2. The zero-order valence-electron chi connectivity index (χ0n) is 14.7. The normalized spacial score (nSPS) is 11.4. The molecule has 0 saturated carbocycles. The number of amides is 1.